The molecule has 0 aliphatic carbocycles. The summed E-state index contributed by atoms with van der Waals surface area (Å²) in [5.74, 6) is 0.730. The Labute approximate surface area is 155 Å². The molecule has 1 aromatic carbocycles. The molecule has 1 aliphatic rings. The number of benzene rings is 1. The van der Waals surface area contributed by atoms with Crippen LogP contribution in [0.1, 0.15) is 17.9 Å². The molecular formula is C19H19F2N5O. The molecule has 1 N–H and O–H groups in total. The summed E-state index contributed by atoms with van der Waals surface area (Å²) in [5, 5.41) is 3.83. The summed E-state index contributed by atoms with van der Waals surface area (Å²) in [7, 11) is 0. The molecule has 0 spiro atoms. The Bertz CT molecular complexity index is 960. The number of hydrogen-bond acceptors (Lipinski definition) is 6. The van der Waals surface area contributed by atoms with Gasteiger partial charge < -0.3 is 15.0 Å². The summed E-state index contributed by atoms with van der Waals surface area (Å²) < 4.78 is 31.7. The standard InChI is InChI=1S/C19H19F2N5O/c1-12-14(6-7-16(22-12)26-8-10-27-11-9-26)23-18-13-4-2-3-5-15(13)24-19(25-18)17(20)21/h2-7,17H,8-11H2,1H3,(H,23,24,25). The van der Waals surface area contributed by atoms with Gasteiger partial charge in [-0.25, -0.2) is 23.7 Å². The smallest absolute Gasteiger partial charge is 0.297 e. The minimum Gasteiger partial charge on any atom is -0.378 e. The Balaban J connectivity index is 1.67. The van der Waals surface area contributed by atoms with Crippen molar-refractivity contribution in [1.29, 1.82) is 0 Å². The molecule has 0 amide bonds. The number of fused-ring (bicyclic) bond motifs is 1. The molecule has 6 nitrogen and oxygen atoms in total. The number of hydrogen-bond donors (Lipinski definition) is 1. The third-order valence-corrected chi connectivity index (χ3v) is 4.47. The number of nitrogens with zero attached hydrogens (tertiary/aromatic N) is 4. The number of nitrogens with one attached hydrogen (secondary N) is 1. The molecule has 140 valence electrons. The number of anilines is 3. The fourth-order valence-electron chi connectivity index (χ4n) is 3.06. The van der Waals surface area contributed by atoms with E-state index in [-0.39, 0.29) is 0 Å². The molecule has 1 fully saturated rings. The molecule has 1 aliphatic heterocycles. The van der Waals surface area contributed by atoms with E-state index in [0.717, 1.165) is 30.3 Å². The van der Waals surface area contributed by atoms with Gasteiger partial charge in [-0.15, -0.1) is 0 Å². The van der Waals surface area contributed by atoms with Crippen LogP contribution in [0.3, 0.4) is 0 Å². The largest absolute Gasteiger partial charge is 0.378 e. The van der Waals surface area contributed by atoms with E-state index in [0.29, 0.717) is 29.9 Å². The Hall–Kier alpha value is -2.87. The predicted octanol–water partition coefficient (Wildman–Crippen LogP) is 3.85. The number of aromatic nitrogens is 3. The zero-order valence-corrected chi connectivity index (χ0v) is 14.8. The highest BCUT2D eigenvalue weighted by Gasteiger charge is 2.17. The first-order valence-corrected chi connectivity index (χ1v) is 8.74. The lowest BCUT2D eigenvalue weighted by Crippen LogP contribution is -2.36. The zero-order chi connectivity index (χ0) is 18.8. The van der Waals surface area contributed by atoms with Gasteiger partial charge in [-0.1, -0.05) is 12.1 Å². The number of para-hydroxylation sites is 1. The van der Waals surface area contributed by atoms with Gasteiger partial charge in [0.15, 0.2) is 5.82 Å². The van der Waals surface area contributed by atoms with E-state index in [2.05, 4.69) is 25.2 Å². The summed E-state index contributed by atoms with van der Waals surface area (Å²) in [6.07, 6.45) is -2.74. The molecule has 4 rings (SSSR count). The van der Waals surface area contributed by atoms with Crippen molar-refractivity contribution < 1.29 is 13.5 Å². The van der Waals surface area contributed by atoms with Crippen LogP contribution in [0, 0.1) is 6.92 Å². The van der Waals surface area contributed by atoms with Gasteiger partial charge in [0.1, 0.15) is 11.6 Å². The normalized spacial score (nSPS) is 14.7. The van der Waals surface area contributed by atoms with E-state index in [9.17, 15) is 8.78 Å². The van der Waals surface area contributed by atoms with Crippen LogP contribution in [0.2, 0.25) is 0 Å². The molecule has 1 saturated heterocycles. The maximum atomic E-state index is 13.2. The molecule has 3 heterocycles. The van der Waals surface area contributed by atoms with Crippen LogP contribution < -0.4 is 10.2 Å². The fraction of sp³-hybridized carbons (Fsp3) is 0.316. The molecule has 0 atom stereocenters. The van der Waals surface area contributed by atoms with Crippen molar-refractivity contribution in [3.8, 4) is 0 Å². The molecule has 27 heavy (non-hydrogen) atoms. The van der Waals surface area contributed by atoms with Crippen LogP contribution in [0.25, 0.3) is 10.9 Å². The maximum absolute atomic E-state index is 13.2. The van der Waals surface area contributed by atoms with Crippen molar-refractivity contribution in [2.45, 2.75) is 13.3 Å². The third-order valence-electron chi connectivity index (χ3n) is 4.47. The molecular weight excluding hydrogens is 352 g/mol. The highest BCUT2D eigenvalue weighted by atomic mass is 19.3. The quantitative estimate of drug-likeness (QED) is 0.752. The first kappa shape index (κ1) is 17.5. The van der Waals surface area contributed by atoms with Gasteiger partial charge in [0.2, 0.25) is 0 Å². The first-order chi connectivity index (χ1) is 13.1. The molecule has 0 saturated carbocycles. The van der Waals surface area contributed by atoms with Crippen LogP contribution in [0.5, 0.6) is 0 Å². The molecule has 0 bridgehead atoms. The lowest BCUT2D eigenvalue weighted by atomic mass is 10.2. The van der Waals surface area contributed by atoms with Crippen molar-refractivity contribution in [3.05, 3.63) is 47.9 Å². The summed E-state index contributed by atoms with van der Waals surface area (Å²) >= 11 is 0. The number of halogens is 2. The van der Waals surface area contributed by atoms with Crippen LogP contribution >= 0.6 is 0 Å². The number of ether oxygens (including phenoxy) is 1. The Morgan fingerprint density at radius 3 is 2.56 bits per heavy atom. The number of rotatable bonds is 4. The number of morpholine rings is 1. The van der Waals surface area contributed by atoms with Crippen LogP contribution in [-0.4, -0.2) is 41.3 Å². The second-order valence-corrected chi connectivity index (χ2v) is 6.28. The van der Waals surface area contributed by atoms with Crippen LogP contribution in [0.15, 0.2) is 36.4 Å². The van der Waals surface area contributed by atoms with Crippen molar-refractivity contribution in [3.63, 3.8) is 0 Å². The summed E-state index contributed by atoms with van der Waals surface area (Å²) in [4.78, 5) is 14.8. The highest BCUT2D eigenvalue weighted by molar-refractivity contribution is 5.91. The predicted molar refractivity (Wildman–Crippen MR) is 99.8 cm³/mol. The fourth-order valence-corrected chi connectivity index (χ4v) is 3.06. The van der Waals surface area contributed by atoms with Gasteiger partial charge in [-0.05, 0) is 31.2 Å². The summed E-state index contributed by atoms with van der Waals surface area (Å²) in [5.41, 5.74) is 1.96. The van der Waals surface area contributed by atoms with E-state index < -0.39 is 12.2 Å². The molecule has 8 heteroatoms. The third kappa shape index (κ3) is 3.66. The highest BCUT2D eigenvalue weighted by Crippen LogP contribution is 2.28. The van der Waals surface area contributed by atoms with E-state index in [1.807, 2.05) is 25.1 Å². The van der Waals surface area contributed by atoms with Gasteiger partial charge in [-0.3, -0.25) is 0 Å². The average molecular weight is 371 g/mol. The molecule has 0 radical (unpaired) electrons. The average Bonchev–Trinajstić information content (AvgIpc) is 2.70. The molecule has 3 aromatic rings. The van der Waals surface area contributed by atoms with Gasteiger partial charge in [0, 0.05) is 18.5 Å². The minimum atomic E-state index is -2.74. The van der Waals surface area contributed by atoms with E-state index in [1.165, 1.54) is 0 Å². The maximum Gasteiger partial charge on any atom is 0.297 e. The van der Waals surface area contributed by atoms with E-state index >= 15 is 0 Å². The van der Waals surface area contributed by atoms with E-state index in [1.54, 1.807) is 18.2 Å². The summed E-state index contributed by atoms with van der Waals surface area (Å²) in [6.45, 7) is 4.85. The topological polar surface area (TPSA) is 63.2 Å². The van der Waals surface area contributed by atoms with Gasteiger partial charge in [0.05, 0.1) is 30.1 Å². The van der Waals surface area contributed by atoms with E-state index in [4.69, 9.17) is 4.74 Å². The van der Waals surface area contributed by atoms with Gasteiger partial charge in [0.25, 0.3) is 6.43 Å². The minimum absolute atomic E-state index is 0.347. The second-order valence-electron chi connectivity index (χ2n) is 6.28. The zero-order valence-electron chi connectivity index (χ0n) is 14.8. The Morgan fingerprint density at radius 2 is 1.81 bits per heavy atom. The van der Waals surface area contributed by atoms with Crippen molar-refractivity contribution in [1.82, 2.24) is 15.0 Å². The molecule has 0 unspecified atom stereocenters. The number of pyridine rings is 1. The Kier molecular flexibility index (Phi) is 4.81. The lowest BCUT2D eigenvalue weighted by Gasteiger charge is -2.28. The summed E-state index contributed by atoms with van der Waals surface area (Å²) in [6, 6.07) is 10.9. The number of aryl methyl sites for hydroxylation is 1. The number of alkyl halides is 2. The van der Waals surface area contributed by atoms with Crippen molar-refractivity contribution >= 4 is 28.2 Å². The van der Waals surface area contributed by atoms with Crippen LogP contribution in [-0.2, 0) is 4.74 Å². The molecule has 2 aromatic heterocycles. The second kappa shape index (κ2) is 7.40. The van der Waals surface area contributed by atoms with Crippen LogP contribution in [0.4, 0.5) is 26.1 Å². The van der Waals surface area contributed by atoms with Crippen molar-refractivity contribution in [2.75, 3.05) is 36.5 Å². The Morgan fingerprint density at radius 1 is 1.04 bits per heavy atom. The lowest BCUT2D eigenvalue weighted by molar-refractivity contribution is 0.122. The monoisotopic (exact) mass is 371 g/mol. The van der Waals surface area contributed by atoms with Crippen molar-refractivity contribution in [2.24, 2.45) is 0 Å². The SMILES string of the molecule is Cc1nc(N2CCOCC2)ccc1Nc1nc(C(F)F)nc2ccccc12. The van der Waals surface area contributed by atoms with Gasteiger partial charge >= 0.3 is 0 Å². The van der Waals surface area contributed by atoms with Gasteiger partial charge in [-0.2, -0.15) is 0 Å². The first-order valence-electron chi connectivity index (χ1n) is 8.74.